The number of nitrogens with one attached hydrogen (secondary N) is 1. The summed E-state index contributed by atoms with van der Waals surface area (Å²) < 4.78 is 44.8. The second kappa shape index (κ2) is 7.44. The molecule has 28 heavy (non-hydrogen) atoms. The van der Waals surface area contributed by atoms with Gasteiger partial charge in [-0.15, -0.1) is 0 Å². The van der Waals surface area contributed by atoms with Crippen LogP contribution in [-0.4, -0.2) is 45.9 Å². The van der Waals surface area contributed by atoms with Crippen LogP contribution in [0.25, 0.3) is 0 Å². The molecule has 2 atom stereocenters. The predicted octanol–water partition coefficient (Wildman–Crippen LogP) is 1.61. The second-order valence-electron chi connectivity index (χ2n) is 8.51. The molecule has 1 aliphatic carbocycles. The maximum absolute atomic E-state index is 12.7. The molecular weight excluding hydrogens is 381 g/mol. The summed E-state index contributed by atoms with van der Waals surface area (Å²) in [5, 5.41) is 0. The quantitative estimate of drug-likeness (QED) is 0.587. The van der Waals surface area contributed by atoms with Gasteiger partial charge in [0, 0.05) is 6.04 Å². The van der Waals surface area contributed by atoms with E-state index in [2.05, 4.69) is 4.72 Å². The van der Waals surface area contributed by atoms with Gasteiger partial charge >= 0.3 is 13.1 Å². The van der Waals surface area contributed by atoms with Gasteiger partial charge in [0.2, 0.25) is 10.0 Å². The maximum Gasteiger partial charge on any atom is 0.494 e. The van der Waals surface area contributed by atoms with Gasteiger partial charge in [0.25, 0.3) is 0 Å². The van der Waals surface area contributed by atoms with Gasteiger partial charge in [0.15, 0.2) is 0 Å². The molecule has 7 nitrogen and oxygen atoms in total. The van der Waals surface area contributed by atoms with E-state index in [0.717, 1.165) is 5.46 Å². The Kier molecular flexibility index (Phi) is 5.66. The highest BCUT2D eigenvalue weighted by atomic mass is 32.2. The van der Waals surface area contributed by atoms with E-state index in [-0.39, 0.29) is 22.8 Å². The molecular formula is C19H28BNO6S. The molecule has 1 saturated heterocycles. The Morgan fingerprint density at radius 1 is 1.11 bits per heavy atom. The van der Waals surface area contributed by atoms with Crippen LogP contribution < -0.4 is 10.2 Å². The van der Waals surface area contributed by atoms with Crippen molar-refractivity contribution in [2.24, 2.45) is 5.92 Å². The number of hydrogen-bond acceptors (Lipinski definition) is 6. The molecule has 9 heteroatoms. The fraction of sp³-hybridized carbons (Fsp3) is 0.632. The SMILES string of the molecule is COC(=O)[C@@H]1CC[C@H](NS(=O)(=O)c2ccc(B3OC(C)(C)C(C)(C)O3)cc2)C1. The monoisotopic (exact) mass is 409 g/mol. The summed E-state index contributed by atoms with van der Waals surface area (Å²) in [5.41, 5.74) is -0.144. The zero-order valence-corrected chi connectivity index (χ0v) is 17.8. The molecule has 1 heterocycles. The van der Waals surface area contributed by atoms with Gasteiger partial charge in [-0.05, 0) is 64.6 Å². The van der Waals surface area contributed by atoms with Gasteiger partial charge in [-0.25, -0.2) is 13.1 Å². The lowest BCUT2D eigenvalue weighted by atomic mass is 9.79. The molecule has 1 aliphatic heterocycles. The van der Waals surface area contributed by atoms with Crippen molar-refractivity contribution in [3.8, 4) is 0 Å². The third kappa shape index (κ3) is 4.12. The van der Waals surface area contributed by atoms with E-state index in [1.165, 1.54) is 7.11 Å². The first-order valence-electron chi connectivity index (χ1n) is 9.51. The summed E-state index contributed by atoms with van der Waals surface area (Å²) >= 11 is 0. The number of ether oxygens (including phenoxy) is 1. The third-order valence-electron chi connectivity index (χ3n) is 6.00. The summed E-state index contributed by atoms with van der Waals surface area (Å²) in [4.78, 5) is 11.8. The number of sulfonamides is 1. The zero-order valence-electron chi connectivity index (χ0n) is 17.0. The normalized spacial score (nSPS) is 26.4. The first-order valence-corrected chi connectivity index (χ1v) is 11.0. The average molecular weight is 409 g/mol. The van der Waals surface area contributed by atoms with Crippen LogP contribution in [0, 0.1) is 5.92 Å². The number of methoxy groups -OCH3 is 1. The summed E-state index contributed by atoms with van der Waals surface area (Å²) in [5.74, 6) is -0.531. The summed E-state index contributed by atoms with van der Waals surface area (Å²) in [6.45, 7) is 7.88. The fourth-order valence-corrected chi connectivity index (χ4v) is 4.82. The second-order valence-corrected chi connectivity index (χ2v) is 10.2. The molecule has 0 radical (unpaired) electrons. The number of hydrogen-bond donors (Lipinski definition) is 1. The molecule has 2 aliphatic rings. The lowest BCUT2D eigenvalue weighted by Crippen LogP contribution is -2.41. The van der Waals surface area contributed by atoms with Crippen LogP contribution in [0.5, 0.6) is 0 Å². The van der Waals surface area contributed by atoms with Gasteiger partial charge in [-0.3, -0.25) is 4.79 Å². The summed E-state index contributed by atoms with van der Waals surface area (Å²) in [6, 6.07) is 6.26. The molecule has 1 saturated carbocycles. The van der Waals surface area contributed by atoms with Crippen LogP contribution >= 0.6 is 0 Å². The Morgan fingerprint density at radius 3 is 2.21 bits per heavy atom. The molecule has 0 unspecified atom stereocenters. The van der Waals surface area contributed by atoms with Crippen LogP contribution in [0.4, 0.5) is 0 Å². The Bertz CT molecular complexity index is 820. The van der Waals surface area contributed by atoms with Crippen molar-refractivity contribution in [2.75, 3.05) is 7.11 Å². The smallest absolute Gasteiger partial charge is 0.469 e. The molecule has 1 N–H and O–H groups in total. The number of rotatable bonds is 5. The molecule has 3 rings (SSSR count). The van der Waals surface area contributed by atoms with Crippen molar-refractivity contribution < 1.29 is 27.3 Å². The highest BCUT2D eigenvalue weighted by molar-refractivity contribution is 7.89. The largest absolute Gasteiger partial charge is 0.494 e. The van der Waals surface area contributed by atoms with Crippen molar-refractivity contribution in [2.45, 2.75) is 69.1 Å². The number of esters is 1. The molecule has 2 fully saturated rings. The van der Waals surface area contributed by atoms with E-state index >= 15 is 0 Å². The van der Waals surface area contributed by atoms with E-state index in [0.29, 0.717) is 19.3 Å². The maximum atomic E-state index is 12.7. The first kappa shape index (κ1) is 21.3. The van der Waals surface area contributed by atoms with Gasteiger partial charge in [-0.2, -0.15) is 0 Å². The first-order chi connectivity index (χ1) is 12.9. The zero-order chi connectivity index (χ0) is 20.7. The third-order valence-corrected chi connectivity index (χ3v) is 7.54. The Balaban J connectivity index is 1.67. The van der Waals surface area contributed by atoms with Crippen LogP contribution in [0.3, 0.4) is 0 Å². The fourth-order valence-electron chi connectivity index (χ4n) is 3.54. The minimum absolute atomic E-state index is 0.175. The highest BCUT2D eigenvalue weighted by Gasteiger charge is 2.51. The lowest BCUT2D eigenvalue weighted by Gasteiger charge is -2.32. The van der Waals surface area contributed by atoms with Crippen LogP contribution in [0.15, 0.2) is 29.2 Å². The Morgan fingerprint density at radius 2 is 1.68 bits per heavy atom. The van der Waals surface area contributed by atoms with Gasteiger partial charge in [-0.1, -0.05) is 12.1 Å². The molecule has 0 aromatic heterocycles. The molecule has 0 amide bonds. The van der Waals surface area contributed by atoms with Crippen molar-refractivity contribution in [3.05, 3.63) is 24.3 Å². The standard InChI is InChI=1S/C19H28BNO6S/c1-18(2)19(3,4)27-20(26-18)14-7-10-16(11-8-14)28(23,24)21-15-9-6-13(12-15)17(22)25-5/h7-8,10-11,13,15,21H,6,9,12H2,1-5H3/t13-,15+/m1/s1. The van der Waals surface area contributed by atoms with Crippen molar-refractivity contribution in [1.82, 2.24) is 4.72 Å². The highest BCUT2D eigenvalue weighted by Crippen LogP contribution is 2.36. The lowest BCUT2D eigenvalue weighted by molar-refractivity contribution is -0.145. The van der Waals surface area contributed by atoms with Crippen molar-refractivity contribution in [3.63, 3.8) is 0 Å². The molecule has 0 bridgehead atoms. The Labute approximate surface area is 167 Å². The van der Waals surface area contributed by atoms with E-state index < -0.39 is 28.3 Å². The summed E-state index contributed by atoms with van der Waals surface area (Å²) in [7, 11) is -2.86. The number of benzene rings is 1. The summed E-state index contributed by atoms with van der Waals surface area (Å²) in [6.07, 6.45) is 1.70. The molecule has 1 aromatic carbocycles. The van der Waals surface area contributed by atoms with E-state index in [1.54, 1.807) is 24.3 Å². The predicted molar refractivity (Wildman–Crippen MR) is 106 cm³/mol. The van der Waals surface area contributed by atoms with Gasteiger partial charge in [0.05, 0.1) is 29.1 Å². The molecule has 154 valence electrons. The average Bonchev–Trinajstić information content (AvgIpc) is 3.15. The van der Waals surface area contributed by atoms with E-state index in [1.807, 2.05) is 27.7 Å². The van der Waals surface area contributed by atoms with Gasteiger partial charge in [0.1, 0.15) is 0 Å². The van der Waals surface area contributed by atoms with Crippen molar-refractivity contribution in [1.29, 1.82) is 0 Å². The molecule has 0 spiro atoms. The van der Waals surface area contributed by atoms with Crippen LogP contribution in [0.2, 0.25) is 0 Å². The minimum atomic E-state index is -3.67. The van der Waals surface area contributed by atoms with Crippen LogP contribution in [0.1, 0.15) is 47.0 Å². The van der Waals surface area contributed by atoms with Crippen molar-refractivity contribution >= 4 is 28.6 Å². The topological polar surface area (TPSA) is 90.9 Å². The Hall–Kier alpha value is -1.42. The minimum Gasteiger partial charge on any atom is -0.469 e. The van der Waals surface area contributed by atoms with Gasteiger partial charge < -0.3 is 14.0 Å². The molecule has 1 aromatic rings. The van der Waals surface area contributed by atoms with E-state index in [9.17, 15) is 13.2 Å². The van der Waals surface area contributed by atoms with E-state index in [4.69, 9.17) is 14.0 Å². The number of carbonyl (C=O) groups excluding carboxylic acids is 1. The van der Waals surface area contributed by atoms with Crippen LogP contribution in [-0.2, 0) is 28.9 Å². The number of carbonyl (C=O) groups is 1.